The van der Waals surface area contributed by atoms with Crippen LogP contribution in [0.15, 0.2) is 28.4 Å². The molecule has 2 nitrogen and oxygen atoms in total. The Kier molecular flexibility index (Phi) is 5.97. The van der Waals surface area contributed by atoms with Crippen LogP contribution in [0.5, 0.6) is 0 Å². The predicted octanol–water partition coefficient (Wildman–Crippen LogP) is 3.43. The highest BCUT2D eigenvalue weighted by Gasteiger charge is 2.37. The summed E-state index contributed by atoms with van der Waals surface area (Å²) in [7, 11) is 0. The van der Waals surface area contributed by atoms with Gasteiger partial charge in [-0.05, 0) is 38.5 Å². The third-order valence-corrected chi connectivity index (χ3v) is 3.12. The molecule has 0 bridgehead atoms. The SMILES string of the molecule is C=N/C=C(C#N)\C=C(/C)C(F)(F)C(C)SC. The van der Waals surface area contributed by atoms with Gasteiger partial charge in [-0.3, -0.25) is 4.99 Å². The second-order valence-electron chi connectivity index (χ2n) is 3.21. The van der Waals surface area contributed by atoms with Crippen LogP contribution in [0.25, 0.3) is 0 Å². The summed E-state index contributed by atoms with van der Waals surface area (Å²) in [6.45, 7) is 5.93. The van der Waals surface area contributed by atoms with Crippen molar-refractivity contribution >= 4 is 18.5 Å². The van der Waals surface area contributed by atoms with E-state index in [9.17, 15) is 8.78 Å². The van der Waals surface area contributed by atoms with E-state index in [1.54, 1.807) is 12.3 Å². The van der Waals surface area contributed by atoms with Gasteiger partial charge in [-0.2, -0.15) is 17.0 Å². The van der Waals surface area contributed by atoms with Crippen LogP contribution < -0.4 is 0 Å². The number of halogens is 2. The van der Waals surface area contributed by atoms with E-state index in [0.717, 1.165) is 24.0 Å². The van der Waals surface area contributed by atoms with Gasteiger partial charge in [0.25, 0.3) is 5.92 Å². The second-order valence-corrected chi connectivity index (χ2v) is 4.39. The Morgan fingerprint density at radius 2 is 2.19 bits per heavy atom. The first-order valence-electron chi connectivity index (χ1n) is 4.55. The molecule has 1 atom stereocenters. The van der Waals surface area contributed by atoms with Crippen molar-refractivity contribution in [3.05, 3.63) is 23.4 Å². The average Bonchev–Trinajstić information content (AvgIpc) is 2.26. The summed E-state index contributed by atoms with van der Waals surface area (Å²) in [5.74, 6) is -2.93. The third-order valence-electron chi connectivity index (χ3n) is 2.12. The lowest BCUT2D eigenvalue weighted by Gasteiger charge is -2.22. The summed E-state index contributed by atoms with van der Waals surface area (Å²) in [5.41, 5.74) is -0.0775. The van der Waals surface area contributed by atoms with Crippen molar-refractivity contribution in [3.63, 3.8) is 0 Å². The fraction of sp³-hybridized carbons (Fsp3) is 0.455. The topological polar surface area (TPSA) is 36.1 Å². The zero-order valence-electron chi connectivity index (χ0n) is 9.50. The van der Waals surface area contributed by atoms with E-state index >= 15 is 0 Å². The number of rotatable bonds is 5. The Morgan fingerprint density at radius 3 is 2.56 bits per heavy atom. The summed E-state index contributed by atoms with van der Waals surface area (Å²) in [5, 5.41) is 7.83. The van der Waals surface area contributed by atoms with Crippen molar-refractivity contribution in [1.82, 2.24) is 0 Å². The summed E-state index contributed by atoms with van der Waals surface area (Å²) < 4.78 is 27.4. The average molecular weight is 244 g/mol. The van der Waals surface area contributed by atoms with Crippen molar-refractivity contribution in [3.8, 4) is 6.07 Å². The number of hydrogen-bond donors (Lipinski definition) is 0. The quantitative estimate of drug-likeness (QED) is 0.422. The van der Waals surface area contributed by atoms with E-state index in [1.807, 2.05) is 0 Å². The van der Waals surface area contributed by atoms with Gasteiger partial charge < -0.3 is 0 Å². The van der Waals surface area contributed by atoms with Crippen molar-refractivity contribution in [2.45, 2.75) is 25.0 Å². The molecule has 1 unspecified atom stereocenters. The fourth-order valence-electron chi connectivity index (χ4n) is 0.995. The monoisotopic (exact) mass is 244 g/mol. The van der Waals surface area contributed by atoms with E-state index in [4.69, 9.17) is 5.26 Å². The first-order chi connectivity index (χ1) is 7.39. The number of alkyl halides is 2. The Bertz CT molecular complexity index is 353. The molecule has 0 aromatic heterocycles. The molecule has 0 amide bonds. The Balaban J connectivity index is 5.12. The fourth-order valence-corrected chi connectivity index (χ4v) is 1.48. The van der Waals surface area contributed by atoms with Crippen LogP contribution in [0.3, 0.4) is 0 Å². The minimum Gasteiger partial charge on any atom is -0.271 e. The first-order valence-corrected chi connectivity index (χ1v) is 5.84. The summed E-state index contributed by atoms with van der Waals surface area (Å²) in [6.07, 6.45) is 3.92. The summed E-state index contributed by atoms with van der Waals surface area (Å²) in [6, 6.07) is 1.77. The highest BCUT2D eigenvalue weighted by atomic mass is 32.2. The van der Waals surface area contributed by atoms with Gasteiger partial charge in [-0.25, -0.2) is 8.78 Å². The number of nitriles is 1. The van der Waals surface area contributed by atoms with Crippen LogP contribution in [0, 0.1) is 11.3 Å². The van der Waals surface area contributed by atoms with E-state index < -0.39 is 11.2 Å². The largest absolute Gasteiger partial charge is 0.280 e. The van der Waals surface area contributed by atoms with Gasteiger partial charge in [-0.1, -0.05) is 0 Å². The van der Waals surface area contributed by atoms with Crippen molar-refractivity contribution in [2.24, 2.45) is 4.99 Å². The molecule has 0 spiro atoms. The normalized spacial score (nSPS) is 15.5. The highest BCUT2D eigenvalue weighted by Crippen LogP contribution is 2.34. The lowest BCUT2D eigenvalue weighted by molar-refractivity contribution is 0.0440. The van der Waals surface area contributed by atoms with Crippen molar-refractivity contribution in [2.75, 3.05) is 6.26 Å². The maximum Gasteiger partial charge on any atom is 0.280 e. The molecule has 0 saturated heterocycles. The zero-order chi connectivity index (χ0) is 12.8. The predicted molar refractivity (Wildman–Crippen MR) is 64.9 cm³/mol. The highest BCUT2D eigenvalue weighted by molar-refractivity contribution is 7.99. The summed E-state index contributed by atoms with van der Waals surface area (Å²) in [4.78, 5) is 3.38. The van der Waals surface area contributed by atoms with Gasteiger partial charge in [0.05, 0.1) is 10.8 Å². The second kappa shape index (κ2) is 6.44. The molecular formula is C11H14F2N2S. The molecule has 0 saturated carbocycles. The van der Waals surface area contributed by atoms with E-state index in [2.05, 4.69) is 11.7 Å². The van der Waals surface area contributed by atoms with E-state index in [1.165, 1.54) is 13.8 Å². The van der Waals surface area contributed by atoms with Crippen LogP contribution in [0.2, 0.25) is 0 Å². The molecule has 0 rings (SSSR count). The molecule has 0 aliphatic heterocycles. The lowest BCUT2D eigenvalue weighted by atomic mass is 10.1. The summed E-state index contributed by atoms with van der Waals surface area (Å²) >= 11 is 1.08. The maximum atomic E-state index is 13.7. The standard InChI is InChI=1S/C11H14F2N2S/c1-8(5-10(6-14)7-15-3)11(12,13)9(2)16-4/h5,7,9H,3H2,1-2,4H3/b8-5+,10-7+. The number of thioether (sulfide) groups is 1. The van der Waals surface area contributed by atoms with Crippen LogP contribution in [-0.2, 0) is 0 Å². The minimum atomic E-state index is -2.93. The van der Waals surface area contributed by atoms with Crippen LogP contribution >= 0.6 is 11.8 Å². The molecule has 0 N–H and O–H groups in total. The van der Waals surface area contributed by atoms with E-state index in [0.29, 0.717) is 0 Å². The third kappa shape index (κ3) is 3.78. The zero-order valence-corrected chi connectivity index (χ0v) is 10.3. The number of allylic oxidation sites excluding steroid dienone is 3. The molecule has 5 heteroatoms. The molecule has 0 radical (unpaired) electrons. The first kappa shape index (κ1) is 14.8. The molecule has 0 aromatic rings. The van der Waals surface area contributed by atoms with Gasteiger partial charge in [0.2, 0.25) is 0 Å². The minimum absolute atomic E-state index is 0.0699. The van der Waals surface area contributed by atoms with Gasteiger partial charge in [0.15, 0.2) is 0 Å². The molecule has 0 fully saturated rings. The van der Waals surface area contributed by atoms with Crippen molar-refractivity contribution in [1.29, 1.82) is 5.26 Å². The Labute approximate surface area is 98.8 Å². The van der Waals surface area contributed by atoms with Crippen LogP contribution in [0.1, 0.15) is 13.8 Å². The van der Waals surface area contributed by atoms with Crippen molar-refractivity contribution < 1.29 is 8.78 Å². The number of hydrogen-bond acceptors (Lipinski definition) is 3. The molecule has 0 heterocycles. The van der Waals surface area contributed by atoms with Gasteiger partial charge in [0, 0.05) is 6.20 Å². The van der Waals surface area contributed by atoms with E-state index in [-0.39, 0.29) is 11.1 Å². The van der Waals surface area contributed by atoms with Gasteiger partial charge in [0.1, 0.15) is 6.07 Å². The molecule has 88 valence electrons. The van der Waals surface area contributed by atoms with Gasteiger partial charge in [-0.15, -0.1) is 0 Å². The molecule has 0 aliphatic carbocycles. The maximum absolute atomic E-state index is 13.7. The number of nitrogens with zero attached hydrogens (tertiary/aromatic N) is 2. The number of aliphatic imine (C=N–C) groups is 1. The van der Waals surface area contributed by atoms with Crippen LogP contribution in [-0.4, -0.2) is 24.1 Å². The van der Waals surface area contributed by atoms with Crippen LogP contribution in [0.4, 0.5) is 8.78 Å². The Morgan fingerprint density at radius 1 is 1.62 bits per heavy atom. The molecule has 16 heavy (non-hydrogen) atoms. The Hall–Kier alpha value is -1.15. The lowest BCUT2D eigenvalue weighted by Crippen LogP contribution is -2.29. The molecule has 0 aliphatic rings. The molecular weight excluding hydrogens is 230 g/mol. The molecule has 0 aromatic carbocycles. The smallest absolute Gasteiger partial charge is 0.271 e. The van der Waals surface area contributed by atoms with Gasteiger partial charge >= 0.3 is 0 Å².